The van der Waals surface area contributed by atoms with E-state index in [2.05, 4.69) is 35.0 Å². The molecule has 0 aliphatic heterocycles. The molecular weight excluding hydrogens is 300 g/mol. The Morgan fingerprint density at radius 2 is 1.79 bits per heavy atom. The summed E-state index contributed by atoms with van der Waals surface area (Å²) in [4.78, 5) is 0. The molecular formula is C17H19BrO. The minimum absolute atomic E-state index is 0.562. The first-order valence-electron chi connectivity index (χ1n) is 6.65. The van der Waals surface area contributed by atoms with Crippen LogP contribution in [0.25, 0.3) is 0 Å². The fraction of sp³-hybridized carbons (Fsp3) is 0.294. The second-order valence-electron chi connectivity index (χ2n) is 4.85. The van der Waals surface area contributed by atoms with Crippen molar-refractivity contribution in [1.82, 2.24) is 0 Å². The van der Waals surface area contributed by atoms with Crippen molar-refractivity contribution < 1.29 is 5.11 Å². The smallest absolute Gasteiger partial charge is 0.104 e. The fourth-order valence-corrected chi connectivity index (χ4v) is 2.64. The highest BCUT2D eigenvalue weighted by molar-refractivity contribution is 9.10. The van der Waals surface area contributed by atoms with E-state index in [-0.39, 0.29) is 0 Å². The van der Waals surface area contributed by atoms with Crippen LogP contribution in [-0.2, 0) is 6.42 Å². The summed E-state index contributed by atoms with van der Waals surface area (Å²) < 4.78 is 1.03. The predicted molar refractivity (Wildman–Crippen MR) is 83.4 cm³/mol. The monoisotopic (exact) mass is 318 g/mol. The molecule has 2 heteroatoms. The molecule has 0 aliphatic rings. The van der Waals surface area contributed by atoms with Gasteiger partial charge in [0.15, 0.2) is 0 Å². The Balaban J connectivity index is 2.28. The van der Waals surface area contributed by atoms with E-state index < -0.39 is 6.10 Å². The molecule has 0 bridgehead atoms. The van der Waals surface area contributed by atoms with Crippen LogP contribution in [0.4, 0.5) is 0 Å². The number of halogens is 1. The third kappa shape index (κ3) is 3.26. The van der Waals surface area contributed by atoms with Crippen LogP contribution < -0.4 is 0 Å². The van der Waals surface area contributed by atoms with Gasteiger partial charge in [-0.2, -0.15) is 0 Å². The van der Waals surface area contributed by atoms with E-state index >= 15 is 0 Å². The molecule has 0 saturated carbocycles. The largest absolute Gasteiger partial charge is 0.384 e. The second-order valence-corrected chi connectivity index (χ2v) is 5.70. The predicted octanol–water partition coefficient (Wildman–Crippen LogP) is 4.79. The minimum atomic E-state index is -0.562. The SMILES string of the molecule is CCCc1ccc(C(O)c2cccc(Br)c2C)cc1. The summed E-state index contributed by atoms with van der Waals surface area (Å²) in [5.74, 6) is 0. The van der Waals surface area contributed by atoms with Crippen molar-refractivity contribution in [2.24, 2.45) is 0 Å². The van der Waals surface area contributed by atoms with E-state index in [0.717, 1.165) is 34.0 Å². The maximum Gasteiger partial charge on any atom is 0.104 e. The Labute approximate surface area is 123 Å². The molecule has 2 aromatic rings. The molecule has 1 nitrogen and oxygen atoms in total. The zero-order valence-electron chi connectivity index (χ0n) is 11.4. The molecule has 0 saturated heterocycles. The number of aliphatic hydroxyl groups excluding tert-OH is 1. The van der Waals surface area contributed by atoms with Gasteiger partial charge in [-0.05, 0) is 41.7 Å². The average molecular weight is 319 g/mol. The summed E-state index contributed by atoms with van der Waals surface area (Å²) in [7, 11) is 0. The van der Waals surface area contributed by atoms with E-state index in [1.165, 1.54) is 5.56 Å². The van der Waals surface area contributed by atoms with Gasteiger partial charge in [0.1, 0.15) is 6.10 Å². The van der Waals surface area contributed by atoms with Crippen LogP contribution in [0.5, 0.6) is 0 Å². The Bertz CT molecular complexity index is 546. The van der Waals surface area contributed by atoms with Gasteiger partial charge in [-0.25, -0.2) is 0 Å². The molecule has 100 valence electrons. The quantitative estimate of drug-likeness (QED) is 0.859. The van der Waals surface area contributed by atoms with Gasteiger partial charge >= 0.3 is 0 Å². The Kier molecular flexibility index (Phi) is 4.78. The summed E-state index contributed by atoms with van der Waals surface area (Å²) in [6.45, 7) is 4.20. The van der Waals surface area contributed by atoms with E-state index in [1.54, 1.807) is 0 Å². The highest BCUT2D eigenvalue weighted by Crippen LogP contribution is 2.29. The van der Waals surface area contributed by atoms with Crippen molar-refractivity contribution in [3.05, 3.63) is 69.2 Å². The first-order valence-corrected chi connectivity index (χ1v) is 7.44. The lowest BCUT2D eigenvalue weighted by Crippen LogP contribution is -2.02. The first-order chi connectivity index (χ1) is 9.13. The topological polar surface area (TPSA) is 20.2 Å². The van der Waals surface area contributed by atoms with E-state index in [0.29, 0.717) is 0 Å². The van der Waals surface area contributed by atoms with Gasteiger partial charge in [0.25, 0.3) is 0 Å². The molecule has 1 unspecified atom stereocenters. The van der Waals surface area contributed by atoms with Crippen LogP contribution >= 0.6 is 15.9 Å². The Morgan fingerprint density at radius 1 is 1.11 bits per heavy atom. The van der Waals surface area contributed by atoms with Gasteiger partial charge < -0.3 is 5.11 Å². The maximum absolute atomic E-state index is 10.5. The zero-order valence-corrected chi connectivity index (χ0v) is 12.9. The Morgan fingerprint density at radius 3 is 2.42 bits per heavy atom. The van der Waals surface area contributed by atoms with Crippen molar-refractivity contribution in [3.63, 3.8) is 0 Å². The van der Waals surface area contributed by atoms with Crippen molar-refractivity contribution in [3.8, 4) is 0 Å². The number of aliphatic hydroxyl groups is 1. The summed E-state index contributed by atoms with van der Waals surface area (Å²) in [6, 6.07) is 14.2. The molecule has 1 N–H and O–H groups in total. The van der Waals surface area contributed by atoms with Gasteiger partial charge in [0.05, 0.1) is 0 Å². The number of hydrogen-bond donors (Lipinski definition) is 1. The van der Waals surface area contributed by atoms with Crippen LogP contribution in [0, 0.1) is 6.92 Å². The third-order valence-electron chi connectivity index (χ3n) is 3.44. The van der Waals surface area contributed by atoms with Gasteiger partial charge in [-0.3, -0.25) is 0 Å². The standard InChI is InChI=1S/C17H19BrO/c1-3-5-13-8-10-14(11-9-13)17(19)15-6-4-7-16(18)12(15)2/h4,6-11,17,19H,3,5H2,1-2H3. The average Bonchev–Trinajstić information content (AvgIpc) is 2.42. The molecule has 0 amide bonds. The summed E-state index contributed by atoms with van der Waals surface area (Å²) in [6.07, 6.45) is 1.67. The Hall–Kier alpha value is -1.12. The fourth-order valence-electron chi connectivity index (χ4n) is 2.26. The molecule has 0 heterocycles. The lowest BCUT2D eigenvalue weighted by Gasteiger charge is -2.15. The van der Waals surface area contributed by atoms with E-state index in [1.807, 2.05) is 37.3 Å². The van der Waals surface area contributed by atoms with Crippen LogP contribution in [0.3, 0.4) is 0 Å². The molecule has 0 fully saturated rings. The summed E-state index contributed by atoms with van der Waals surface area (Å²) in [5, 5.41) is 10.5. The molecule has 2 rings (SSSR count). The molecule has 2 aromatic carbocycles. The van der Waals surface area contributed by atoms with Crippen molar-refractivity contribution >= 4 is 15.9 Å². The molecule has 1 atom stereocenters. The third-order valence-corrected chi connectivity index (χ3v) is 4.30. The number of benzene rings is 2. The van der Waals surface area contributed by atoms with Crippen LogP contribution in [0.1, 0.15) is 41.7 Å². The van der Waals surface area contributed by atoms with Gasteiger partial charge in [-0.15, -0.1) is 0 Å². The highest BCUT2D eigenvalue weighted by atomic mass is 79.9. The number of rotatable bonds is 4. The van der Waals surface area contributed by atoms with Crippen molar-refractivity contribution in [1.29, 1.82) is 0 Å². The van der Waals surface area contributed by atoms with Gasteiger partial charge in [0, 0.05) is 4.47 Å². The van der Waals surface area contributed by atoms with Crippen LogP contribution in [0.15, 0.2) is 46.9 Å². The van der Waals surface area contributed by atoms with Gasteiger partial charge in [-0.1, -0.05) is 65.7 Å². The zero-order chi connectivity index (χ0) is 13.8. The van der Waals surface area contributed by atoms with Gasteiger partial charge in [0.2, 0.25) is 0 Å². The minimum Gasteiger partial charge on any atom is -0.384 e. The highest BCUT2D eigenvalue weighted by Gasteiger charge is 2.13. The molecule has 0 spiro atoms. The number of hydrogen-bond acceptors (Lipinski definition) is 1. The van der Waals surface area contributed by atoms with Crippen molar-refractivity contribution in [2.75, 3.05) is 0 Å². The molecule has 0 aromatic heterocycles. The lowest BCUT2D eigenvalue weighted by molar-refractivity contribution is 0.219. The second kappa shape index (κ2) is 6.36. The van der Waals surface area contributed by atoms with E-state index in [4.69, 9.17) is 0 Å². The number of aryl methyl sites for hydroxylation is 1. The van der Waals surface area contributed by atoms with Crippen LogP contribution in [0.2, 0.25) is 0 Å². The lowest BCUT2D eigenvalue weighted by atomic mass is 9.96. The molecule has 19 heavy (non-hydrogen) atoms. The van der Waals surface area contributed by atoms with Crippen LogP contribution in [-0.4, -0.2) is 5.11 Å². The normalized spacial score (nSPS) is 12.4. The van der Waals surface area contributed by atoms with E-state index in [9.17, 15) is 5.11 Å². The maximum atomic E-state index is 10.5. The van der Waals surface area contributed by atoms with Crippen molar-refractivity contribution in [2.45, 2.75) is 32.8 Å². The molecule has 0 aliphatic carbocycles. The summed E-state index contributed by atoms with van der Waals surface area (Å²) in [5.41, 5.74) is 4.32. The molecule has 0 radical (unpaired) electrons. The first kappa shape index (κ1) is 14.3. The summed E-state index contributed by atoms with van der Waals surface area (Å²) >= 11 is 3.51.